The average molecular weight is 385 g/mol. The van der Waals surface area contributed by atoms with Gasteiger partial charge in [-0.3, -0.25) is 10.2 Å². The number of halogens is 2. The molecule has 1 N–H and O–H groups in total. The zero-order chi connectivity index (χ0) is 18.3. The molecular formula is C18H10ClFN4OS. The second-order valence-corrected chi connectivity index (χ2v) is 6.82. The molecule has 2 aromatic rings. The molecule has 0 saturated heterocycles. The van der Waals surface area contributed by atoms with Crippen molar-refractivity contribution in [2.24, 2.45) is 10.1 Å². The molecule has 0 radical (unpaired) electrons. The van der Waals surface area contributed by atoms with E-state index in [2.05, 4.69) is 10.1 Å². The number of amides is 1. The quantitative estimate of drug-likeness (QED) is 0.791. The van der Waals surface area contributed by atoms with E-state index in [1.165, 1.54) is 47.1 Å². The number of benzene rings is 2. The van der Waals surface area contributed by atoms with Crippen molar-refractivity contribution in [2.75, 3.05) is 0 Å². The Bertz CT molecular complexity index is 1030. The molecule has 2 aliphatic rings. The van der Waals surface area contributed by atoms with Crippen molar-refractivity contribution in [3.63, 3.8) is 0 Å². The molecule has 0 aromatic heterocycles. The van der Waals surface area contributed by atoms with Crippen LogP contribution in [0.5, 0.6) is 0 Å². The van der Waals surface area contributed by atoms with E-state index in [-0.39, 0.29) is 17.2 Å². The van der Waals surface area contributed by atoms with Crippen molar-refractivity contribution in [1.29, 1.82) is 5.41 Å². The Labute approximate surface area is 157 Å². The van der Waals surface area contributed by atoms with Crippen LogP contribution in [0.2, 0.25) is 5.02 Å². The van der Waals surface area contributed by atoms with Gasteiger partial charge in [-0.15, -0.1) is 0 Å². The number of nitrogens with zero attached hydrogens (tertiary/aromatic N) is 3. The van der Waals surface area contributed by atoms with Crippen LogP contribution in [-0.4, -0.2) is 27.0 Å². The van der Waals surface area contributed by atoms with E-state index in [0.717, 1.165) is 0 Å². The minimum atomic E-state index is -0.534. The fraction of sp³-hybridized carbons (Fsp3) is 0. The number of carbonyl (C=O) groups excluding carboxylic acids is 1. The van der Waals surface area contributed by atoms with Crippen molar-refractivity contribution < 1.29 is 9.18 Å². The number of hydrogen-bond acceptors (Lipinski definition) is 4. The number of nitrogens with one attached hydrogen (secondary N) is 1. The fourth-order valence-electron chi connectivity index (χ4n) is 2.46. The third-order valence-electron chi connectivity index (χ3n) is 3.74. The zero-order valence-electron chi connectivity index (χ0n) is 13.1. The molecule has 2 aliphatic heterocycles. The van der Waals surface area contributed by atoms with Gasteiger partial charge in [0.2, 0.25) is 5.17 Å². The molecule has 0 atom stereocenters. The minimum absolute atomic E-state index is 0.0844. The van der Waals surface area contributed by atoms with Crippen LogP contribution in [0.4, 0.5) is 4.39 Å². The highest BCUT2D eigenvalue weighted by Crippen LogP contribution is 2.32. The summed E-state index contributed by atoms with van der Waals surface area (Å²) in [7, 11) is 0. The maximum atomic E-state index is 13.0. The van der Waals surface area contributed by atoms with E-state index >= 15 is 0 Å². The Morgan fingerprint density at radius 2 is 1.88 bits per heavy atom. The Morgan fingerprint density at radius 3 is 2.62 bits per heavy atom. The van der Waals surface area contributed by atoms with E-state index in [0.29, 0.717) is 26.4 Å². The van der Waals surface area contributed by atoms with E-state index in [1.54, 1.807) is 6.07 Å². The molecule has 5 nitrogen and oxygen atoms in total. The largest absolute Gasteiger partial charge is 0.283 e. The van der Waals surface area contributed by atoms with Crippen molar-refractivity contribution in [3.05, 3.63) is 76.1 Å². The maximum Gasteiger partial charge on any atom is 0.283 e. The van der Waals surface area contributed by atoms with Gasteiger partial charge < -0.3 is 0 Å². The standard InChI is InChI=1S/C18H10ClFN4OS/c19-14-4-2-1-3-12(14)17-23-24-15(21)13(16(25)22-18(24)26-17)9-10-5-7-11(20)8-6-10/h1-9,21H/b13-9-,21-15?. The van der Waals surface area contributed by atoms with Crippen LogP contribution in [0.25, 0.3) is 6.08 Å². The van der Waals surface area contributed by atoms with Crippen LogP contribution in [0.3, 0.4) is 0 Å². The monoisotopic (exact) mass is 384 g/mol. The Balaban J connectivity index is 1.70. The topological polar surface area (TPSA) is 68.9 Å². The molecular weight excluding hydrogens is 375 g/mol. The van der Waals surface area contributed by atoms with Gasteiger partial charge in [-0.05, 0) is 41.6 Å². The van der Waals surface area contributed by atoms with Gasteiger partial charge >= 0.3 is 0 Å². The molecule has 0 fully saturated rings. The summed E-state index contributed by atoms with van der Waals surface area (Å²) in [6, 6.07) is 12.8. The van der Waals surface area contributed by atoms with Gasteiger partial charge in [0.15, 0.2) is 5.84 Å². The number of aliphatic imine (C=N–C) groups is 1. The first-order chi connectivity index (χ1) is 12.5. The summed E-state index contributed by atoms with van der Waals surface area (Å²) in [5, 5.41) is 15.4. The van der Waals surface area contributed by atoms with Crippen LogP contribution in [0.15, 0.2) is 64.2 Å². The molecule has 4 rings (SSSR count). The van der Waals surface area contributed by atoms with E-state index in [9.17, 15) is 9.18 Å². The zero-order valence-corrected chi connectivity index (χ0v) is 14.7. The van der Waals surface area contributed by atoms with Crippen LogP contribution in [0, 0.1) is 11.2 Å². The lowest BCUT2D eigenvalue weighted by molar-refractivity contribution is -0.114. The van der Waals surface area contributed by atoms with Crippen LogP contribution in [-0.2, 0) is 4.79 Å². The van der Waals surface area contributed by atoms with E-state index < -0.39 is 5.91 Å². The lowest BCUT2D eigenvalue weighted by atomic mass is 10.1. The summed E-state index contributed by atoms with van der Waals surface area (Å²) < 4.78 is 13.0. The molecule has 128 valence electrons. The fourth-order valence-corrected chi connectivity index (χ4v) is 3.67. The molecule has 1 amide bonds. The highest BCUT2D eigenvalue weighted by Gasteiger charge is 2.36. The highest BCUT2D eigenvalue weighted by molar-refractivity contribution is 8.27. The van der Waals surface area contributed by atoms with Crippen LogP contribution >= 0.6 is 23.4 Å². The third-order valence-corrected chi connectivity index (χ3v) is 5.01. The summed E-state index contributed by atoms with van der Waals surface area (Å²) in [4.78, 5) is 16.4. The Morgan fingerprint density at radius 1 is 1.15 bits per heavy atom. The number of amidine groups is 2. The van der Waals surface area contributed by atoms with Gasteiger partial charge in [0, 0.05) is 5.56 Å². The first-order valence-corrected chi connectivity index (χ1v) is 8.73. The number of thioether (sulfide) groups is 1. The number of hydrogen-bond donors (Lipinski definition) is 1. The molecule has 2 heterocycles. The molecule has 26 heavy (non-hydrogen) atoms. The average Bonchev–Trinajstić information content (AvgIpc) is 3.04. The molecule has 0 unspecified atom stereocenters. The highest BCUT2D eigenvalue weighted by atomic mass is 35.5. The number of fused-ring (bicyclic) bond motifs is 1. The first-order valence-electron chi connectivity index (χ1n) is 7.53. The lowest BCUT2D eigenvalue weighted by Gasteiger charge is -2.20. The van der Waals surface area contributed by atoms with Crippen molar-refractivity contribution in [2.45, 2.75) is 0 Å². The number of carbonyl (C=O) groups is 1. The predicted octanol–water partition coefficient (Wildman–Crippen LogP) is 4.15. The maximum absolute atomic E-state index is 13.0. The minimum Gasteiger partial charge on any atom is -0.282 e. The van der Waals surface area contributed by atoms with Gasteiger partial charge in [-0.1, -0.05) is 41.9 Å². The molecule has 0 bridgehead atoms. The Kier molecular flexibility index (Phi) is 4.18. The third kappa shape index (κ3) is 2.95. The van der Waals surface area contributed by atoms with Gasteiger partial charge in [0.05, 0.1) is 10.6 Å². The summed E-state index contributed by atoms with van der Waals surface area (Å²) in [6.45, 7) is 0. The second-order valence-electron chi connectivity index (χ2n) is 5.46. The summed E-state index contributed by atoms with van der Waals surface area (Å²) >= 11 is 7.38. The summed E-state index contributed by atoms with van der Waals surface area (Å²) in [5.74, 6) is -0.991. The second kappa shape index (κ2) is 6.51. The van der Waals surface area contributed by atoms with Crippen molar-refractivity contribution >= 4 is 51.4 Å². The van der Waals surface area contributed by atoms with E-state index in [4.69, 9.17) is 17.0 Å². The molecule has 0 saturated carbocycles. The van der Waals surface area contributed by atoms with Gasteiger partial charge in [-0.25, -0.2) is 4.39 Å². The van der Waals surface area contributed by atoms with Crippen molar-refractivity contribution in [3.8, 4) is 0 Å². The molecule has 8 heteroatoms. The summed E-state index contributed by atoms with van der Waals surface area (Å²) in [6.07, 6.45) is 1.50. The van der Waals surface area contributed by atoms with Gasteiger partial charge in [0.25, 0.3) is 5.91 Å². The van der Waals surface area contributed by atoms with Gasteiger partial charge in [-0.2, -0.15) is 15.1 Å². The molecule has 0 aliphatic carbocycles. The molecule has 2 aromatic carbocycles. The smallest absolute Gasteiger partial charge is 0.282 e. The van der Waals surface area contributed by atoms with Crippen LogP contribution in [0.1, 0.15) is 11.1 Å². The van der Waals surface area contributed by atoms with Crippen LogP contribution < -0.4 is 0 Å². The molecule has 0 spiro atoms. The van der Waals surface area contributed by atoms with Gasteiger partial charge in [0.1, 0.15) is 10.9 Å². The predicted molar refractivity (Wildman–Crippen MR) is 102 cm³/mol. The lowest BCUT2D eigenvalue weighted by Crippen LogP contribution is -2.35. The SMILES string of the molecule is N=C1/C(=C/c2ccc(F)cc2)C(=O)N=C2SC(c3ccccc3Cl)=NN12. The first kappa shape index (κ1) is 16.7. The van der Waals surface area contributed by atoms with E-state index in [1.807, 2.05) is 18.2 Å². The van der Waals surface area contributed by atoms with Crippen molar-refractivity contribution in [1.82, 2.24) is 5.01 Å². The number of rotatable bonds is 2. The number of hydrazone groups is 1. The summed E-state index contributed by atoms with van der Waals surface area (Å²) in [5.41, 5.74) is 1.39. The normalized spacial score (nSPS) is 18.1. The Hall–Kier alpha value is -2.77.